The number of ether oxygens (including phenoxy) is 2. The molecule has 0 fully saturated rings. The van der Waals surface area contributed by atoms with E-state index in [0.717, 1.165) is 41.9 Å². The molecule has 0 aliphatic carbocycles. The molecule has 102 valence electrons. The van der Waals surface area contributed by atoms with Gasteiger partial charge in [-0.15, -0.1) is 0 Å². The Morgan fingerprint density at radius 2 is 2.11 bits per heavy atom. The van der Waals surface area contributed by atoms with Gasteiger partial charge in [0.2, 0.25) is 0 Å². The van der Waals surface area contributed by atoms with Crippen molar-refractivity contribution in [3.63, 3.8) is 0 Å². The van der Waals surface area contributed by atoms with Crippen molar-refractivity contribution in [2.45, 2.75) is 32.8 Å². The van der Waals surface area contributed by atoms with Crippen molar-refractivity contribution in [1.29, 1.82) is 0 Å². The molecule has 1 aromatic carbocycles. The molecule has 18 heavy (non-hydrogen) atoms. The minimum atomic E-state index is 0.196. The van der Waals surface area contributed by atoms with Crippen LogP contribution in [0.15, 0.2) is 22.7 Å². The maximum Gasteiger partial charge on any atom is 0.134 e. The normalized spacial score (nSPS) is 12.2. The summed E-state index contributed by atoms with van der Waals surface area (Å²) in [6, 6.07) is 5.76. The second-order valence-corrected chi connectivity index (χ2v) is 5.00. The van der Waals surface area contributed by atoms with Gasteiger partial charge in [0.05, 0.1) is 11.6 Å². The molecule has 0 bridgehead atoms. The monoisotopic (exact) mass is 315 g/mol. The number of rotatable bonds is 8. The maximum atomic E-state index is 5.98. The first-order valence-electron chi connectivity index (χ1n) is 6.42. The quantitative estimate of drug-likeness (QED) is 0.743. The van der Waals surface area contributed by atoms with Crippen LogP contribution in [0, 0.1) is 0 Å². The maximum absolute atomic E-state index is 5.98. The Hall–Kier alpha value is -0.740. The second kappa shape index (κ2) is 8.38. The Morgan fingerprint density at radius 3 is 2.67 bits per heavy atom. The topological polar surface area (TPSA) is 30.5 Å². The lowest BCUT2D eigenvalue weighted by molar-refractivity contribution is 0.192. The fourth-order valence-corrected chi connectivity index (χ4v) is 2.04. The summed E-state index contributed by atoms with van der Waals surface area (Å²) >= 11 is 3.50. The van der Waals surface area contributed by atoms with Gasteiger partial charge in [-0.3, -0.25) is 0 Å². The smallest absolute Gasteiger partial charge is 0.134 e. The molecule has 3 nitrogen and oxygen atoms in total. The van der Waals surface area contributed by atoms with Gasteiger partial charge in [0.25, 0.3) is 0 Å². The lowest BCUT2D eigenvalue weighted by atomic mass is 10.2. The van der Waals surface area contributed by atoms with E-state index in [1.165, 1.54) is 0 Å². The third-order valence-corrected chi connectivity index (χ3v) is 3.31. The first kappa shape index (κ1) is 15.3. The summed E-state index contributed by atoms with van der Waals surface area (Å²) in [5.41, 5.74) is 0. The van der Waals surface area contributed by atoms with Crippen LogP contribution in [0.5, 0.6) is 11.5 Å². The second-order valence-electron chi connectivity index (χ2n) is 4.15. The van der Waals surface area contributed by atoms with Crippen LogP contribution in [0.3, 0.4) is 0 Å². The van der Waals surface area contributed by atoms with Crippen molar-refractivity contribution in [1.82, 2.24) is 5.32 Å². The van der Waals surface area contributed by atoms with Crippen molar-refractivity contribution < 1.29 is 9.47 Å². The molecule has 0 spiro atoms. The molecule has 1 aromatic rings. The molecule has 1 atom stereocenters. The number of halogens is 1. The summed E-state index contributed by atoms with van der Waals surface area (Å²) in [6.07, 6.45) is 2.32. The molecule has 1 N–H and O–H groups in total. The summed E-state index contributed by atoms with van der Waals surface area (Å²) in [5.74, 6) is 1.69. The number of hydrogen-bond donors (Lipinski definition) is 1. The molecule has 0 heterocycles. The van der Waals surface area contributed by atoms with Crippen LogP contribution in [0.1, 0.15) is 26.7 Å². The average molecular weight is 316 g/mol. The lowest BCUT2D eigenvalue weighted by Gasteiger charge is -2.19. The average Bonchev–Trinajstić information content (AvgIpc) is 2.39. The van der Waals surface area contributed by atoms with Crippen LogP contribution in [-0.2, 0) is 0 Å². The molecule has 1 rings (SSSR count). The van der Waals surface area contributed by atoms with Crippen molar-refractivity contribution in [3.05, 3.63) is 22.7 Å². The van der Waals surface area contributed by atoms with E-state index >= 15 is 0 Å². The standard InChI is InChI=1S/C14H22BrNO2/c1-4-8-16-10-11(5-2)18-14-7-6-12(17-3)9-13(14)15/h6-7,9,11,16H,4-5,8,10H2,1-3H3. The van der Waals surface area contributed by atoms with Gasteiger partial charge in [-0.1, -0.05) is 13.8 Å². The van der Waals surface area contributed by atoms with Crippen LogP contribution in [-0.4, -0.2) is 26.3 Å². The van der Waals surface area contributed by atoms with E-state index in [1.807, 2.05) is 18.2 Å². The molecule has 0 saturated carbocycles. The highest BCUT2D eigenvalue weighted by molar-refractivity contribution is 9.10. The van der Waals surface area contributed by atoms with Crippen molar-refractivity contribution in [3.8, 4) is 11.5 Å². The van der Waals surface area contributed by atoms with Gasteiger partial charge in [0.1, 0.15) is 17.6 Å². The minimum absolute atomic E-state index is 0.196. The largest absolute Gasteiger partial charge is 0.497 e. The molecule has 0 aliphatic heterocycles. The highest BCUT2D eigenvalue weighted by atomic mass is 79.9. The van der Waals surface area contributed by atoms with Gasteiger partial charge in [-0.25, -0.2) is 0 Å². The zero-order valence-electron chi connectivity index (χ0n) is 11.3. The summed E-state index contributed by atoms with van der Waals surface area (Å²) in [6.45, 7) is 6.21. The van der Waals surface area contributed by atoms with E-state index in [-0.39, 0.29) is 6.10 Å². The van der Waals surface area contributed by atoms with E-state index < -0.39 is 0 Å². The van der Waals surface area contributed by atoms with E-state index in [1.54, 1.807) is 7.11 Å². The van der Waals surface area contributed by atoms with Gasteiger partial charge in [0.15, 0.2) is 0 Å². The third kappa shape index (κ3) is 4.86. The Labute approximate surface area is 118 Å². The SMILES string of the molecule is CCCNCC(CC)Oc1ccc(OC)cc1Br. The minimum Gasteiger partial charge on any atom is -0.497 e. The van der Waals surface area contributed by atoms with Gasteiger partial charge >= 0.3 is 0 Å². The zero-order valence-corrected chi connectivity index (χ0v) is 12.9. The van der Waals surface area contributed by atoms with Crippen LogP contribution in [0.2, 0.25) is 0 Å². The third-order valence-electron chi connectivity index (χ3n) is 2.69. The molecule has 1 unspecified atom stereocenters. The molecular formula is C14H22BrNO2. The fraction of sp³-hybridized carbons (Fsp3) is 0.571. The Balaban J connectivity index is 2.58. The Kier molecular flexibility index (Phi) is 7.13. The van der Waals surface area contributed by atoms with Crippen molar-refractivity contribution in [2.75, 3.05) is 20.2 Å². The van der Waals surface area contributed by atoms with E-state index in [0.29, 0.717) is 0 Å². The predicted molar refractivity (Wildman–Crippen MR) is 78.6 cm³/mol. The summed E-state index contributed by atoms with van der Waals surface area (Å²) in [4.78, 5) is 0. The summed E-state index contributed by atoms with van der Waals surface area (Å²) < 4.78 is 12.1. The number of benzene rings is 1. The molecular weight excluding hydrogens is 294 g/mol. The first-order valence-corrected chi connectivity index (χ1v) is 7.21. The fourth-order valence-electron chi connectivity index (χ4n) is 1.59. The number of methoxy groups -OCH3 is 1. The lowest BCUT2D eigenvalue weighted by Crippen LogP contribution is -2.31. The zero-order chi connectivity index (χ0) is 13.4. The van der Waals surface area contributed by atoms with Gasteiger partial charge < -0.3 is 14.8 Å². The number of hydrogen-bond acceptors (Lipinski definition) is 3. The highest BCUT2D eigenvalue weighted by Gasteiger charge is 2.10. The van der Waals surface area contributed by atoms with Crippen LogP contribution in [0.4, 0.5) is 0 Å². The van der Waals surface area contributed by atoms with Crippen molar-refractivity contribution in [2.24, 2.45) is 0 Å². The predicted octanol–water partition coefficient (Wildman–Crippen LogP) is 3.61. The molecule has 0 aromatic heterocycles. The molecule has 0 amide bonds. The van der Waals surface area contributed by atoms with Gasteiger partial charge in [-0.2, -0.15) is 0 Å². The van der Waals surface area contributed by atoms with Gasteiger partial charge in [-0.05, 0) is 53.5 Å². The van der Waals surface area contributed by atoms with Gasteiger partial charge in [0, 0.05) is 6.54 Å². The summed E-state index contributed by atoms with van der Waals surface area (Å²) in [7, 11) is 1.66. The molecule has 0 aliphatic rings. The molecule has 0 saturated heterocycles. The Morgan fingerprint density at radius 1 is 1.33 bits per heavy atom. The van der Waals surface area contributed by atoms with E-state index in [2.05, 4.69) is 35.1 Å². The Bertz CT molecular complexity index is 358. The van der Waals surface area contributed by atoms with E-state index in [4.69, 9.17) is 9.47 Å². The van der Waals surface area contributed by atoms with Crippen LogP contribution in [0.25, 0.3) is 0 Å². The van der Waals surface area contributed by atoms with E-state index in [9.17, 15) is 0 Å². The van der Waals surface area contributed by atoms with Crippen LogP contribution < -0.4 is 14.8 Å². The molecule has 0 radical (unpaired) electrons. The van der Waals surface area contributed by atoms with Crippen molar-refractivity contribution >= 4 is 15.9 Å². The number of nitrogens with one attached hydrogen (secondary N) is 1. The molecule has 4 heteroatoms. The first-order chi connectivity index (χ1) is 8.71. The van der Waals surface area contributed by atoms with Crippen LogP contribution >= 0.6 is 15.9 Å². The highest BCUT2D eigenvalue weighted by Crippen LogP contribution is 2.30. The summed E-state index contributed by atoms with van der Waals surface area (Å²) in [5, 5.41) is 3.38.